The van der Waals surface area contributed by atoms with Crippen molar-refractivity contribution in [2.24, 2.45) is 7.05 Å². The van der Waals surface area contributed by atoms with E-state index in [2.05, 4.69) is 0 Å². The first kappa shape index (κ1) is 17.3. The Morgan fingerprint density at radius 1 is 1.24 bits per heavy atom. The van der Waals surface area contributed by atoms with Gasteiger partial charge in [-0.2, -0.15) is 0 Å². The Balaban J connectivity index is 1.53. The molecule has 5 nitrogen and oxygen atoms in total. The number of amides is 1. The van der Waals surface area contributed by atoms with E-state index in [1.54, 1.807) is 11.6 Å². The Kier molecular flexibility index (Phi) is 5.22. The van der Waals surface area contributed by atoms with Crippen molar-refractivity contribution < 1.29 is 9.53 Å². The number of rotatable bonds is 5. The van der Waals surface area contributed by atoms with Crippen molar-refractivity contribution in [2.75, 3.05) is 13.1 Å². The molecular weight excluding hydrogens is 316 g/mol. The summed E-state index contributed by atoms with van der Waals surface area (Å²) in [5.41, 5.74) is 1.96. The van der Waals surface area contributed by atoms with Crippen molar-refractivity contribution in [3.8, 4) is 5.75 Å². The molecular formula is C20H24N2O3. The molecule has 0 aliphatic carbocycles. The third kappa shape index (κ3) is 4.29. The number of aryl methyl sites for hydroxylation is 2. The Morgan fingerprint density at radius 3 is 2.72 bits per heavy atom. The van der Waals surface area contributed by atoms with Crippen LogP contribution in [0.4, 0.5) is 0 Å². The smallest absolute Gasteiger partial charge is 0.254 e. The van der Waals surface area contributed by atoms with Crippen LogP contribution < -0.4 is 10.3 Å². The second-order valence-electron chi connectivity index (χ2n) is 6.58. The van der Waals surface area contributed by atoms with E-state index >= 15 is 0 Å². The Hall–Kier alpha value is -2.56. The molecule has 1 saturated heterocycles. The second kappa shape index (κ2) is 7.55. The van der Waals surface area contributed by atoms with Crippen LogP contribution in [-0.4, -0.2) is 34.6 Å². The molecule has 1 aromatic carbocycles. The van der Waals surface area contributed by atoms with Gasteiger partial charge in [-0.05, 0) is 25.0 Å². The lowest BCUT2D eigenvalue weighted by atomic mass is 10.1. The van der Waals surface area contributed by atoms with E-state index in [0.717, 1.165) is 18.5 Å². The zero-order valence-electron chi connectivity index (χ0n) is 14.8. The molecule has 25 heavy (non-hydrogen) atoms. The average molecular weight is 340 g/mol. The zero-order chi connectivity index (χ0) is 17.8. The molecule has 0 spiro atoms. The molecule has 2 heterocycles. The molecule has 0 radical (unpaired) electrons. The van der Waals surface area contributed by atoms with Gasteiger partial charge in [0.05, 0.1) is 6.54 Å². The second-order valence-corrected chi connectivity index (χ2v) is 6.58. The maximum absolute atomic E-state index is 12.4. The van der Waals surface area contributed by atoms with Crippen molar-refractivity contribution in [3.05, 3.63) is 64.1 Å². The molecule has 1 aliphatic rings. The van der Waals surface area contributed by atoms with Crippen LogP contribution >= 0.6 is 0 Å². The van der Waals surface area contributed by atoms with Crippen molar-refractivity contribution in [1.82, 2.24) is 9.47 Å². The lowest BCUT2D eigenvalue weighted by Crippen LogP contribution is -2.31. The lowest BCUT2D eigenvalue weighted by molar-refractivity contribution is -0.130. The highest BCUT2D eigenvalue weighted by Gasteiger charge is 2.27. The fraction of sp³-hybridized carbons (Fsp3) is 0.400. The van der Waals surface area contributed by atoms with E-state index < -0.39 is 0 Å². The molecule has 1 amide bonds. The summed E-state index contributed by atoms with van der Waals surface area (Å²) in [4.78, 5) is 26.1. The average Bonchev–Trinajstić information content (AvgIpc) is 3.07. The predicted molar refractivity (Wildman–Crippen MR) is 96.8 cm³/mol. The number of hydrogen-bond acceptors (Lipinski definition) is 3. The van der Waals surface area contributed by atoms with Gasteiger partial charge in [-0.15, -0.1) is 0 Å². The number of carbonyl (C=O) groups excluding carboxylic acids is 1. The van der Waals surface area contributed by atoms with Crippen molar-refractivity contribution >= 4 is 5.91 Å². The van der Waals surface area contributed by atoms with Gasteiger partial charge >= 0.3 is 0 Å². The normalized spacial score (nSPS) is 16.9. The third-order valence-electron chi connectivity index (χ3n) is 4.75. The lowest BCUT2D eigenvalue weighted by Gasteiger charge is -2.18. The van der Waals surface area contributed by atoms with E-state index in [1.807, 2.05) is 48.2 Å². The van der Waals surface area contributed by atoms with Crippen LogP contribution in [0.1, 0.15) is 24.1 Å². The van der Waals surface area contributed by atoms with E-state index in [4.69, 9.17) is 4.74 Å². The van der Waals surface area contributed by atoms with Crippen molar-refractivity contribution in [3.63, 3.8) is 0 Å². The van der Waals surface area contributed by atoms with Gasteiger partial charge in [0.25, 0.3) is 5.56 Å². The number of ether oxygens (including phenoxy) is 1. The third-order valence-corrected chi connectivity index (χ3v) is 4.75. The van der Waals surface area contributed by atoms with E-state index in [9.17, 15) is 9.59 Å². The predicted octanol–water partition coefficient (Wildman–Crippen LogP) is 2.31. The number of pyridine rings is 1. The fourth-order valence-electron chi connectivity index (χ4n) is 3.10. The summed E-state index contributed by atoms with van der Waals surface area (Å²) in [6.07, 6.45) is 2.02. The van der Waals surface area contributed by atoms with Crippen molar-refractivity contribution in [1.29, 1.82) is 0 Å². The van der Waals surface area contributed by atoms with Gasteiger partial charge in [-0.1, -0.05) is 30.3 Å². The first-order valence-electron chi connectivity index (χ1n) is 8.69. The molecule has 0 bridgehead atoms. The van der Waals surface area contributed by atoms with Crippen LogP contribution in [0, 0.1) is 6.92 Å². The minimum atomic E-state index is -0.0798. The molecule has 1 atom stereocenters. The van der Waals surface area contributed by atoms with Crippen LogP contribution in [0.2, 0.25) is 0 Å². The first-order chi connectivity index (χ1) is 12.0. The molecule has 1 aromatic heterocycles. The molecule has 0 saturated carbocycles. The number of benzene rings is 1. The van der Waals surface area contributed by atoms with Gasteiger partial charge in [-0.3, -0.25) is 9.59 Å². The minimum absolute atomic E-state index is 0.0489. The van der Waals surface area contributed by atoms with Crippen molar-refractivity contribution in [2.45, 2.75) is 32.3 Å². The molecule has 1 fully saturated rings. The molecule has 0 unspecified atom stereocenters. The van der Waals surface area contributed by atoms with Gasteiger partial charge in [0, 0.05) is 38.2 Å². The highest BCUT2D eigenvalue weighted by atomic mass is 16.5. The summed E-state index contributed by atoms with van der Waals surface area (Å²) in [6, 6.07) is 13.4. The molecule has 2 aromatic rings. The SMILES string of the molecule is Cc1cc(O[C@@H]2CCN(C(=O)CCc3ccccc3)C2)cc(=O)n1C. The first-order valence-corrected chi connectivity index (χ1v) is 8.69. The number of nitrogens with zero attached hydrogens (tertiary/aromatic N) is 2. The molecule has 1 aliphatic heterocycles. The molecule has 132 valence electrons. The topological polar surface area (TPSA) is 51.5 Å². The van der Waals surface area contributed by atoms with Gasteiger partial charge < -0.3 is 14.2 Å². The number of carbonyl (C=O) groups is 1. The van der Waals surface area contributed by atoms with E-state index in [-0.39, 0.29) is 17.6 Å². The zero-order valence-corrected chi connectivity index (χ0v) is 14.8. The van der Waals surface area contributed by atoms with Crippen LogP contribution in [0.3, 0.4) is 0 Å². The summed E-state index contributed by atoms with van der Waals surface area (Å²) < 4.78 is 7.51. The summed E-state index contributed by atoms with van der Waals surface area (Å²) in [7, 11) is 1.74. The minimum Gasteiger partial charge on any atom is -0.488 e. The maximum Gasteiger partial charge on any atom is 0.254 e. The monoisotopic (exact) mass is 340 g/mol. The van der Waals surface area contributed by atoms with Crippen LogP contribution in [0.5, 0.6) is 5.75 Å². The molecule has 0 N–H and O–H groups in total. The number of aromatic nitrogens is 1. The Labute approximate surface area is 147 Å². The van der Waals surface area contributed by atoms with E-state index in [0.29, 0.717) is 25.3 Å². The van der Waals surface area contributed by atoms with Crippen LogP contribution in [-0.2, 0) is 18.3 Å². The molecule has 5 heteroatoms. The summed E-state index contributed by atoms with van der Waals surface area (Å²) >= 11 is 0. The van der Waals surface area contributed by atoms with Gasteiger partial charge in [0.2, 0.25) is 5.91 Å². The summed E-state index contributed by atoms with van der Waals surface area (Å²) in [5, 5.41) is 0. The summed E-state index contributed by atoms with van der Waals surface area (Å²) in [5.74, 6) is 0.749. The Bertz CT molecular complexity index is 798. The quantitative estimate of drug-likeness (QED) is 0.839. The molecule has 3 rings (SSSR count). The summed E-state index contributed by atoms with van der Waals surface area (Å²) in [6.45, 7) is 3.17. The largest absolute Gasteiger partial charge is 0.488 e. The van der Waals surface area contributed by atoms with Gasteiger partial charge in [0.1, 0.15) is 11.9 Å². The highest BCUT2D eigenvalue weighted by molar-refractivity contribution is 5.76. The number of likely N-dealkylation sites (tertiary alicyclic amines) is 1. The number of hydrogen-bond donors (Lipinski definition) is 0. The van der Waals surface area contributed by atoms with E-state index in [1.165, 1.54) is 11.6 Å². The van der Waals surface area contributed by atoms with Gasteiger partial charge in [0.15, 0.2) is 0 Å². The fourth-order valence-corrected chi connectivity index (χ4v) is 3.10. The standard InChI is InChI=1S/C20H24N2O3/c1-15-12-18(13-20(24)21(15)2)25-17-10-11-22(14-17)19(23)9-8-16-6-4-3-5-7-16/h3-7,12-13,17H,8-11,14H2,1-2H3/t17-/m1/s1. The van der Waals surface area contributed by atoms with Gasteiger partial charge in [-0.25, -0.2) is 0 Å². The van der Waals surface area contributed by atoms with Crippen LogP contribution in [0.15, 0.2) is 47.3 Å². The maximum atomic E-state index is 12.4. The Morgan fingerprint density at radius 2 is 2.00 bits per heavy atom. The highest BCUT2D eigenvalue weighted by Crippen LogP contribution is 2.19. The van der Waals surface area contributed by atoms with Crippen LogP contribution in [0.25, 0.3) is 0 Å².